The Morgan fingerprint density at radius 2 is 1.43 bits per heavy atom. The predicted octanol–water partition coefficient (Wildman–Crippen LogP) is 6.31. The van der Waals surface area contributed by atoms with Gasteiger partial charge in [0, 0.05) is 39.6 Å². The van der Waals surface area contributed by atoms with Gasteiger partial charge in [-0.1, -0.05) is 66.7 Å². The van der Waals surface area contributed by atoms with Gasteiger partial charge in [-0.15, -0.1) is 0 Å². The average Bonchev–Trinajstić information content (AvgIpc) is 3.22. The Labute approximate surface area is 204 Å². The molecule has 0 unspecified atom stereocenters. The van der Waals surface area contributed by atoms with Crippen molar-refractivity contribution in [1.82, 2.24) is 9.88 Å². The molecule has 1 atom stereocenters. The van der Waals surface area contributed by atoms with E-state index in [2.05, 4.69) is 40.3 Å². The summed E-state index contributed by atoms with van der Waals surface area (Å²) in [6.07, 6.45) is 0.122. The lowest BCUT2D eigenvalue weighted by molar-refractivity contribution is -0.116. The molecule has 0 spiro atoms. The molecule has 0 radical (unpaired) electrons. The van der Waals surface area contributed by atoms with E-state index >= 15 is 0 Å². The lowest BCUT2D eigenvalue weighted by Crippen LogP contribution is -2.31. The minimum atomic E-state index is -0.449. The number of fused-ring (bicyclic) bond motifs is 3. The molecule has 5 nitrogen and oxygen atoms in total. The van der Waals surface area contributed by atoms with Crippen molar-refractivity contribution in [2.75, 3.05) is 5.32 Å². The quantitative estimate of drug-likeness (QED) is 0.298. The summed E-state index contributed by atoms with van der Waals surface area (Å²) in [5.74, 6) is -0.369. The lowest BCUT2D eigenvalue weighted by atomic mass is 10.0. The third-order valence-electron chi connectivity index (χ3n) is 6.31. The average molecular weight is 462 g/mol. The van der Waals surface area contributed by atoms with Crippen LogP contribution in [-0.2, 0) is 11.3 Å². The number of aromatic nitrogens is 1. The Bertz CT molecular complexity index is 1490. The van der Waals surface area contributed by atoms with Crippen LogP contribution in [0.2, 0.25) is 0 Å². The second-order valence-electron chi connectivity index (χ2n) is 8.55. The standard InChI is InChI=1S/C30H27N3O2/c1-2-33-27-16-10-9-15-24(27)25-19-23(17-18-28(25)33)31-29(34)20-26(21-11-5-3-6-12-21)32-30(35)22-13-7-4-8-14-22/h3-19,26H,2,20H2,1H3,(H,31,34)(H,32,35)/t26-/m1/s1. The van der Waals surface area contributed by atoms with Crippen LogP contribution in [0.15, 0.2) is 103 Å². The summed E-state index contributed by atoms with van der Waals surface area (Å²) in [6.45, 7) is 3.00. The Morgan fingerprint density at radius 3 is 2.17 bits per heavy atom. The highest BCUT2D eigenvalue weighted by molar-refractivity contribution is 6.09. The fourth-order valence-electron chi connectivity index (χ4n) is 4.64. The smallest absolute Gasteiger partial charge is 0.251 e. The maximum atomic E-state index is 13.1. The van der Waals surface area contributed by atoms with Crippen LogP contribution in [0.25, 0.3) is 21.8 Å². The molecule has 0 aliphatic heterocycles. The molecule has 5 heteroatoms. The Kier molecular flexibility index (Phi) is 6.31. The van der Waals surface area contributed by atoms with E-state index in [0.29, 0.717) is 5.56 Å². The molecule has 5 rings (SSSR count). The van der Waals surface area contributed by atoms with Gasteiger partial charge in [0.2, 0.25) is 5.91 Å². The highest BCUT2D eigenvalue weighted by atomic mass is 16.2. The summed E-state index contributed by atoms with van der Waals surface area (Å²) in [5.41, 5.74) is 4.51. The largest absolute Gasteiger partial charge is 0.345 e. The first-order valence-electron chi connectivity index (χ1n) is 11.9. The van der Waals surface area contributed by atoms with Gasteiger partial charge in [-0.3, -0.25) is 9.59 Å². The summed E-state index contributed by atoms with van der Waals surface area (Å²) in [5, 5.41) is 8.34. The van der Waals surface area contributed by atoms with Crippen molar-refractivity contribution < 1.29 is 9.59 Å². The third kappa shape index (κ3) is 4.66. The molecule has 0 aliphatic rings. The van der Waals surface area contributed by atoms with Crippen LogP contribution >= 0.6 is 0 Å². The second-order valence-corrected chi connectivity index (χ2v) is 8.55. The molecule has 4 aromatic carbocycles. The van der Waals surface area contributed by atoms with Crippen molar-refractivity contribution in [3.8, 4) is 0 Å². The SMILES string of the molecule is CCn1c2ccccc2c2cc(NC(=O)C[C@@H](NC(=O)c3ccccc3)c3ccccc3)ccc21. The number of hydrogen-bond donors (Lipinski definition) is 2. The van der Waals surface area contributed by atoms with Crippen molar-refractivity contribution in [3.63, 3.8) is 0 Å². The Balaban J connectivity index is 1.38. The molecule has 174 valence electrons. The molecule has 0 saturated heterocycles. The van der Waals surface area contributed by atoms with Crippen molar-refractivity contribution >= 4 is 39.3 Å². The van der Waals surface area contributed by atoms with Crippen molar-refractivity contribution in [2.45, 2.75) is 25.9 Å². The van der Waals surface area contributed by atoms with Crippen LogP contribution in [0.1, 0.15) is 35.3 Å². The van der Waals surface area contributed by atoms with E-state index in [-0.39, 0.29) is 18.2 Å². The van der Waals surface area contributed by atoms with Gasteiger partial charge < -0.3 is 15.2 Å². The number of carbonyl (C=O) groups excluding carboxylic acids is 2. The second kappa shape index (κ2) is 9.85. The van der Waals surface area contributed by atoms with Gasteiger partial charge in [0.1, 0.15) is 0 Å². The maximum absolute atomic E-state index is 13.1. The van der Waals surface area contributed by atoms with Crippen LogP contribution < -0.4 is 10.6 Å². The van der Waals surface area contributed by atoms with E-state index in [1.165, 1.54) is 5.52 Å². The summed E-state index contributed by atoms with van der Waals surface area (Å²) in [6, 6.07) is 32.5. The molecule has 5 aromatic rings. The number of nitrogens with one attached hydrogen (secondary N) is 2. The zero-order chi connectivity index (χ0) is 24.2. The summed E-state index contributed by atoms with van der Waals surface area (Å²) >= 11 is 0. The maximum Gasteiger partial charge on any atom is 0.251 e. The van der Waals surface area contributed by atoms with Crippen LogP contribution in [0, 0.1) is 0 Å². The van der Waals surface area contributed by atoms with Gasteiger partial charge >= 0.3 is 0 Å². The molecule has 35 heavy (non-hydrogen) atoms. The summed E-state index contributed by atoms with van der Waals surface area (Å²) in [7, 11) is 0. The number of anilines is 1. The molecule has 2 amide bonds. The van der Waals surface area contributed by atoms with Crippen molar-refractivity contribution in [3.05, 3.63) is 114 Å². The number of nitrogens with zero attached hydrogens (tertiary/aromatic N) is 1. The first-order valence-corrected chi connectivity index (χ1v) is 11.9. The molecule has 0 saturated carbocycles. The third-order valence-corrected chi connectivity index (χ3v) is 6.31. The fraction of sp³-hybridized carbons (Fsp3) is 0.133. The topological polar surface area (TPSA) is 63.1 Å². The molecule has 1 heterocycles. The van der Waals surface area contributed by atoms with E-state index in [1.54, 1.807) is 12.1 Å². The van der Waals surface area contributed by atoms with Gasteiger partial charge in [-0.2, -0.15) is 0 Å². The van der Waals surface area contributed by atoms with Crippen LogP contribution in [0.3, 0.4) is 0 Å². The monoisotopic (exact) mass is 461 g/mol. The number of rotatable bonds is 7. The van der Waals surface area contributed by atoms with Gasteiger partial charge in [0.15, 0.2) is 0 Å². The van der Waals surface area contributed by atoms with Crippen LogP contribution in [0.4, 0.5) is 5.69 Å². The first-order chi connectivity index (χ1) is 17.1. The van der Waals surface area contributed by atoms with E-state index in [0.717, 1.165) is 34.1 Å². The minimum absolute atomic E-state index is 0.122. The van der Waals surface area contributed by atoms with Gasteiger partial charge in [0.05, 0.1) is 12.5 Å². The van der Waals surface area contributed by atoms with Crippen molar-refractivity contribution in [1.29, 1.82) is 0 Å². The summed E-state index contributed by atoms with van der Waals surface area (Å²) in [4.78, 5) is 25.9. The lowest BCUT2D eigenvalue weighted by Gasteiger charge is -2.19. The molecule has 0 aliphatic carbocycles. The summed E-state index contributed by atoms with van der Waals surface area (Å²) < 4.78 is 2.28. The number of aryl methyl sites for hydroxylation is 1. The Hall–Kier alpha value is -4.38. The van der Waals surface area contributed by atoms with Gasteiger partial charge in [0.25, 0.3) is 5.91 Å². The molecular formula is C30H27N3O2. The number of para-hydroxylation sites is 1. The minimum Gasteiger partial charge on any atom is -0.345 e. The molecule has 0 fully saturated rings. The van der Waals surface area contributed by atoms with Crippen LogP contribution in [0.5, 0.6) is 0 Å². The molecule has 1 aromatic heterocycles. The Morgan fingerprint density at radius 1 is 0.771 bits per heavy atom. The number of carbonyl (C=O) groups is 2. The number of amides is 2. The number of hydrogen-bond acceptors (Lipinski definition) is 2. The highest BCUT2D eigenvalue weighted by Crippen LogP contribution is 2.31. The van der Waals surface area contributed by atoms with Crippen molar-refractivity contribution in [2.24, 2.45) is 0 Å². The normalized spacial score (nSPS) is 11.9. The molecule has 2 N–H and O–H groups in total. The molecule has 0 bridgehead atoms. The van der Waals surface area contributed by atoms with E-state index in [4.69, 9.17) is 0 Å². The zero-order valence-corrected chi connectivity index (χ0v) is 19.6. The van der Waals surface area contributed by atoms with E-state index in [1.807, 2.05) is 72.8 Å². The fourth-order valence-corrected chi connectivity index (χ4v) is 4.64. The number of benzene rings is 4. The van der Waals surface area contributed by atoms with Gasteiger partial charge in [-0.05, 0) is 48.9 Å². The van der Waals surface area contributed by atoms with E-state index < -0.39 is 6.04 Å². The molecular weight excluding hydrogens is 434 g/mol. The van der Waals surface area contributed by atoms with Gasteiger partial charge in [-0.25, -0.2) is 0 Å². The van der Waals surface area contributed by atoms with E-state index in [9.17, 15) is 9.59 Å². The predicted molar refractivity (Wildman–Crippen MR) is 141 cm³/mol. The first kappa shape index (κ1) is 22.4. The zero-order valence-electron chi connectivity index (χ0n) is 19.6. The highest BCUT2D eigenvalue weighted by Gasteiger charge is 2.20. The van der Waals surface area contributed by atoms with Crippen LogP contribution in [-0.4, -0.2) is 16.4 Å².